The molecule has 4 nitrogen and oxygen atoms in total. The van der Waals surface area contributed by atoms with Gasteiger partial charge in [-0.1, -0.05) is 13.0 Å². The highest BCUT2D eigenvalue weighted by molar-refractivity contribution is 5.94. The number of aryl methyl sites for hydroxylation is 2. The lowest BCUT2D eigenvalue weighted by atomic mass is 9.98. The highest BCUT2D eigenvalue weighted by Gasteiger charge is 2.22. The summed E-state index contributed by atoms with van der Waals surface area (Å²) < 4.78 is 12.0. The van der Waals surface area contributed by atoms with Gasteiger partial charge in [0.15, 0.2) is 0 Å². The van der Waals surface area contributed by atoms with Crippen LogP contribution >= 0.6 is 0 Å². The standard InChI is InChI=1S/C25H33NO3/c1-6-28-23-8-7-21(25(27)26-11-9-17(2)10-12-26)15-22(23)16-29-24-14-18(3)13-19(4)20(24)5/h7-8,13-15,17H,6,9-12,16H2,1-5H3. The van der Waals surface area contributed by atoms with Crippen molar-refractivity contribution < 1.29 is 14.3 Å². The molecule has 0 saturated carbocycles. The zero-order valence-corrected chi connectivity index (χ0v) is 18.4. The molecular weight excluding hydrogens is 362 g/mol. The van der Waals surface area contributed by atoms with Gasteiger partial charge in [0.25, 0.3) is 5.91 Å². The van der Waals surface area contributed by atoms with Gasteiger partial charge in [-0.2, -0.15) is 0 Å². The molecule has 156 valence electrons. The Hall–Kier alpha value is -2.49. The number of likely N-dealkylation sites (tertiary alicyclic amines) is 1. The Morgan fingerprint density at radius 3 is 2.45 bits per heavy atom. The van der Waals surface area contributed by atoms with Crippen molar-refractivity contribution in [1.82, 2.24) is 4.90 Å². The number of amides is 1. The fourth-order valence-electron chi connectivity index (χ4n) is 3.82. The Morgan fingerprint density at radius 2 is 1.76 bits per heavy atom. The van der Waals surface area contributed by atoms with Crippen LogP contribution in [0.15, 0.2) is 30.3 Å². The monoisotopic (exact) mass is 395 g/mol. The predicted molar refractivity (Wildman–Crippen MR) is 117 cm³/mol. The second kappa shape index (κ2) is 9.34. The zero-order chi connectivity index (χ0) is 21.0. The first-order valence-electron chi connectivity index (χ1n) is 10.6. The van der Waals surface area contributed by atoms with E-state index in [1.54, 1.807) is 0 Å². The first kappa shape index (κ1) is 21.2. The second-order valence-electron chi connectivity index (χ2n) is 8.22. The SMILES string of the molecule is CCOc1ccc(C(=O)N2CCC(C)CC2)cc1COc1cc(C)cc(C)c1C. The summed E-state index contributed by atoms with van der Waals surface area (Å²) in [4.78, 5) is 15.0. The third kappa shape index (κ3) is 5.11. The van der Waals surface area contributed by atoms with Crippen molar-refractivity contribution in [2.24, 2.45) is 5.92 Å². The third-order valence-corrected chi connectivity index (χ3v) is 5.83. The van der Waals surface area contributed by atoms with Gasteiger partial charge < -0.3 is 14.4 Å². The van der Waals surface area contributed by atoms with Crippen molar-refractivity contribution in [3.8, 4) is 11.5 Å². The van der Waals surface area contributed by atoms with E-state index < -0.39 is 0 Å². The molecule has 0 unspecified atom stereocenters. The van der Waals surface area contributed by atoms with Crippen LogP contribution in [0.3, 0.4) is 0 Å². The molecule has 2 aromatic carbocycles. The fourth-order valence-corrected chi connectivity index (χ4v) is 3.82. The number of rotatable bonds is 6. The minimum atomic E-state index is 0.101. The quantitative estimate of drug-likeness (QED) is 0.652. The van der Waals surface area contributed by atoms with E-state index >= 15 is 0 Å². The van der Waals surface area contributed by atoms with E-state index in [1.807, 2.05) is 30.0 Å². The Bertz CT molecular complexity index is 867. The minimum Gasteiger partial charge on any atom is -0.493 e. The largest absolute Gasteiger partial charge is 0.493 e. The molecule has 29 heavy (non-hydrogen) atoms. The summed E-state index contributed by atoms with van der Waals surface area (Å²) in [7, 11) is 0. The van der Waals surface area contributed by atoms with Crippen LogP contribution in [0.2, 0.25) is 0 Å². The Balaban J connectivity index is 1.81. The van der Waals surface area contributed by atoms with Gasteiger partial charge in [0, 0.05) is 24.2 Å². The van der Waals surface area contributed by atoms with Crippen LogP contribution in [0.5, 0.6) is 11.5 Å². The second-order valence-corrected chi connectivity index (χ2v) is 8.22. The Kier molecular flexibility index (Phi) is 6.83. The van der Waals surface area contributed by atoms with Gasteiger partial charge in [-0.25, -0.2) is 0 Å². The lowest BCUT2D eigenvalue weighted by molar-refractivity contribution is 0.0697. The maximum Gasteiger partial charge on any atom is 0.253 e. The molecule has 3 rings (SSSR count). The molecule has 0 N–H and O–H groups in total. The molecule has 0 spiro atoms. The average Bonchev–Trinajstić information content (AvgIpc) is 2.70. The number of hydrogen-bond donors (Lipinski definition) is 0. The van der Waals surface area contributed by atoms with Crippen LogP contribution in [0, 0.1) is 26.7 Å². The number of hydrogen-bond acceptors (Lipinski definition) is 3. The summed E-state index contributed by atoms with van der Waals surface area (Å²) in [6.45, 7) is 13.1. The Morgan fingerprint density at radius 1 is 1.03 bits per heavy atom. The van der Waals surface area contributed by atoms with E-state index in [1.165, 1.54) is 11.1 Å². The number of carbonyl (C=O) groups excluding carboxylic acids is 1. The van der Waals surface area contributed by atoms with E-state index in [9.17, 15) is 4.79 Å². The smallest absolute Gasteiger partial charge is 0.253 e. The van der Waals surface area contributed by atoms with Crippen LogP contribution in [0.4, 0.5) is 0 Å². The van der Waals surface area contributed by atoms with Gasteiger partial charge >= 0.3 is 0 Å². The van der Waals surface area contributed by atoms with Crippen molar-refractivity contribution in [3.63, 3.8) is 0 Å². The van der Waals surface area contributed by atoms with Gasteiger partial charge in [0.05, 0.1) is 6.61 Å². The maximum atomic E-state index is 13.0. The van der Waals surface area contributed by atoms with E-state index in [0.29, 0.717) is 24.7 Å². The molecule has 0 aromatic heterocycles. The normalized spacial score (nSPS) is 14.7. The first-order chi connectivity index (χ1) is 13.9. The molecule has 1 fully saturated rings. The molecule has 0 atom stereocenters. The molecule has 2 aromatic rings. The van der Waals surface area contributed by atoms with Crippen molar-refractivity contribution in [2.45, 2.75) is 54.1 Å². The highest BCUT2D eigenvalue weighted by Crippen LogP contribution is 2.28. The van der Waals surface area contributed by atoms with Crippen LogP contribution < -0.4 is 9.47 Å². The molecule has 4 heteroatoms. The summed E-state index contributed by atoms with van der Waals surface area (Å²) >= 11 is 0. The van der Waals surface area contributed by atoms with Gasteiger partial charge in [0.1, 0.15) is 18.1 Å². The molecular formula is C25H33NO3. The number of ether oxygens (including phenoxy) is 2. The summed E-state index contributed by atoms with van der Waals surface area (Å²) in [5, 5.41) is 0. The minimum absolute atomic E-state index is 0.101. The van der Waals surface area contributed by atoms with Crippen LogP contribution in [-0.4, -0.2) is 30.5 Å². The van der Waals surface area contributed by atoms with Crippen molar-refractivity contribution in [3.05, 3.63) is 58.1 Å². The van der Waals surface area contributed by atoms with E-state index in [0.717, 1.165) is 48.6 Å². The van der Waals surface area contributed by atoms with E-state index in [2.05, 4.69) is 39.8 Å². The van der Waals surface area contributed by atoms with E-state index in [4.69, 9.17) is 9.47 Å². The lowest BCUT2D eigenvalue weighted by Gasteiger charge is -2.30. The number of piperidine rings is 1. The predicted octanol–water partition coefficient (Wildman–Crippen LogP) is 5.46. The fraction of sp³-hybridized carbons (Fsp3) is 0.480. The third-order valence-electron chi connectivity index (χ3n) is 5.83. The Labute approximate surface area is 174 Å². The van der Waals surface area contributed by atoms with Crippen molar-refractivity contribution in [2.75, 3.05) is 19.7 Å². The maximum absolute atomic E-state index is 13.0. The first-order valence-corrected chi connectivity index (χ1v) is 10.6. The van der Waals surface area contributed by atoms with Crippen LogP contribution in [0.1, 0.15) is 59.3 Å². The zero-order valence-electron chi connectivity index (χ0n) is 18.4. The molecule has 0 radical (unpaired) electrons. The average molecular weight is 396 g/mol. The molecule has 1 aliphatic heterocycles. The van der Waals surface area contributed by atoms with Gasteiger partial charge in [-0.05, 0) is 87.4 Å². The molecule has 1 saturated heterocycles. The number of nitrogens with zero attached hydrogens (tertiary/aromatic N) is 1. The van der Waals surface area contributed by atoms with Crippen LogP contribution in [0.25, 0.3) is 0 Å². The van der Waals surface area contributed by atoms with Crippen molar-refractivity contribution >= 4 is 5.91 Å². The van der Waals surface area contributed by atoms with Gasteiger partial charge in [-0.15, -0.1) is 0 Å². The molecule has 0 bridgehead atoms. The van der Waals surface area contributed by atoms with Crippen molar-refractivity contribution in [1.29, 1.82) is 0 Å². The summed E-state index contributed by atoms with van der Waals surface area (Å²) in [5.74, 6) is 2.46. The molecule has 1 amide bonds. The molecule has 1 aliphatic rings. The van der Waals surface area contributed by atoms with Gasteiger partial charge in [-0.3, -0.25) is 4.79 Å². The highest BCUT2D eigenvalue weighted by atomic mass is 16.5. The molecule has 0 aliphatic carbocycles. The summed E-state index contributed by atoms with van der Waals surface area (Å²) in [6, 6.07) is 9.93. The summed E-state index contributed by atoms with van der Waals surface area (Å²) in [5.41, 5.74) is 5.15. The van der Waals surface area contributed by atoms with E-state index in [-0.39, 0.29) is 5.91 Å². The summed E-state index contributed by atoms with van der Waals surface area (Å²) in [6.07, 6.45) is 2.15. The lowest BCUT2D eigenvalue weighted by Crippen LogP contribution is -2.37. The van der Waals surface area contributed by atoms with Gasteiger partial charge in [0.2, 0.25) is 0 Å². The topological polar surface area (TPSA) is 38.8 Å². The van der Waals surface area contributed by atoms with Crippen LogP contribution in [-0.2, 0) is 6.61 Å². The number of benzene rings is 2. The number of carbonyl (C=O) groups is 1. The molecule has 1 heterocycles.